The van der Waals surface area contributed by atoms with Gasteiger partial charge in [-0.1, -0.05) is 18.2 Å². The fraction of sp³-hybridized carbons (Fsp3) is 0.400. The molecule has 2 aromatic heterocycles. The van der Waals surface area contributed by atoms with Crippen LogP contribution in [0.2, 0.25) is 0 Å². The van der Waals surface area contributed by atoms with E-state index in [9.17, 15) is 5.11 Å². The Balaban J connectivity index is 1.54. The molecule has 0 spiro atoms. The number of aryl methyl sites for hydroxylation is 2. The molecule has 3 heterocycles. The maximum absolute atomic E-state index is 10.7. The minimum absolute atomic E-state index is 0.674. The van der Waals surface area contributed by atoms with Gasteiger partial charge < -0.3 is 9.84 Å². The molecule has 3 aromatic rings. The molecule has 0 amide bonds. The zero-order valence-electron chi connectivity index (χ0n) is 15.7. The van der Waals surface area contributed by atoms with Gasteiger partial charge in [-0.3, -0.25) is 14.3 Å². The van der Waals surface area contributed by atoms with Crippen molar-refractivity contribution in [1.82, 2.24) is 24.5 Å². The van der Waals surface area contributed by atoms with Gasteiger partial charge in [0.15, 0.2) is 0 Å². The normalized spacial score (nSPS) is 16.0. The van der Waals surface area contributed by atoms with Gasteiger partial charge in [0, 0.05) is 45.0 Å². The summed E-state index contributed by atoms with van der Waals surface area (Å²) in [5, 5.41) is 19.5. The molecule has 0 bridgehead atoms. The quantitative estimate of drug-likeness (QED) is 0.748. The summed E-state index contributed by atoms with van der Waals surface area (Å²) >= 11 is 0. The largest absolute Gasteiger partial charge is 0.496 e. The van der Waals surface area contributed by atoms with E-state index in [1.807, 2.05) is 42.1 Å². The summed E-state index contributed by atoms with van der Waals surface area (Å²) < 4.78 is 9.20. The predicted octanol–water partition coefficient (Wildman–Crippen LogP) is 2.11. The smallest absolute Gasteiger partial charge is 0.139 e. The van der Waals surface area contributed by atoms with E-state index in [0.29, 0.717) is 5.69 Å². The number of benzene rings is 1. The Bertz CT molecular complexity index is 917. The van der Waals surface area contributed by atoms with E-state index in [2.05, 4.69) is 21.2 Å². The molecule has 7 heteroatoms. The van der Waals surface area contributed by atoms with Crippen LogP contribution >= 0.6 is 0 Å². The van der Waals surface area contributed by atoms with E-state index in [-0.39, 0.29) is 0 Å². The fourth-order valence-corrected chi connectivity index (χ4v) is 3.70. The third kappa shape index (κ3) is 3.61. The summed E-state index contributed by atoms with van der Waals surface area (Å²) in [6, 6.07) is 12.0. The van der Waals surface area contributed by atoms with Crippen molar-refractivity contribution in [2.45, 2.75) is 32.2 Å². The molecule has 0 radical (unpaired) electrons. The number of aliphatic hydroxyl groups is 1. The van der Waals surface area contributed by atoms with Gasteiger partial charge in [-0.05, 0) is 24.6 Å². The molecule has 1 aliphatic rings. The van der Waals surface area contributed by atoms with Gasteiger partial charge in [-0.15, -0.1) is 0 Å². The van der Waals surface area contributed by atoms with Crippen LogP contribution in [-0.4, -0.2) is 43.2 Å². The van der Waals surface area contributed by atoms with Gasteiger partial charge in [0.2, 0.25) is 0 Å². The lowest BCUT2D eigenvalue weighted by atomic mass is 10.1. The van der Waals surface area contributed by atoms with Crippen LogP contribution in [0.1, 0.15) is 35.2 Å². The lowest BCUT2D eigenvalue weighted by Crippen LogP contribution is -2.23. The van der Waals surface area contributed by atoms with Crippen molar-refractivity contribution in [2.24, 2.45) is 7.05 Å². The monoisotopic (exact) mass is 367 g/mol. The molecular formula is C20H25N5O2. The highest BCUT2D eigenvalue weighted by Gasteiger charge is 2.22. The first-order valence-electron chi connectivity index (χ1n) is 9.22. The van der Waals surface area contributed by atoms with Crippen LogP contribution < -0.4 is 4.74 Å². The molecule has 0 aliphatic carbocycles. The van der Waals surface area contributed by atoms with Gasteiger partial charge in [0.1, 0.15) is 11.9 Å². The van der Waals surface area contributed by atoms with Crippen LogP contribution in [0.15, 0.2) is 42.6 Å². The second-order valence-electron chi connectivity index (χ2n) is 6.94. The Morgan fingerprint density at radius 1 is 1.22 bits per heavy atom. The van der Waals surface area contributed by atoms with Crippen LogP contribution in [0, 0.1) is 0 Å². The number of aromatic nitrogens is 4. The Hall–Kier alpha value is -2.64. The summed E-state index contributed by atoms with van der Waals surface area (Å²) in [5.74, 6) is 0.919. The second kappa shape index (κ2) is 7.54. The third-order valence-corrected chi connectivity index (χ3v) is 5.12. The van der Waals surface area contributed by atoms with Crippen molar-refractivity contribution in [3.05, 3.63) is 65.2 Å². The van der Waals surface area contributed by atoms with E-state index in [1.165, 1.54) is 5.56 Å². The van der Waals surface area contributed by atoms with E-state index >= 15 is 0 Å². The first-order chi connectivity index (χ1) is 13.2. The molecule has 0 saturated carbocycles. The number of hydrogen-bond donors (Lipinski definition) is 1. The average Bonchev–Trinajstić information content (AvgIpc) is 3.23. The standard InChI is InChI=1S/C20H25N5O2/c1-23-18(8-9-21-23)20(26)17-12-16-14-24(10-5-11-25(16)22-17)13-15-6-3-4-7-19(15)27-2/h3-4,6-9,12,20,26H,5,10-11,13-14H2,1-2H3/t20-/m0/s1. The molecule has 1 N–H and O–H groups in total. The van der Waals surface area contributed by atoms with Gasteiger partial charge in [-0.25, -0.2) is 0 Å². The van der Waals surface area contributed by atoms with Crippen molar-refractivity contribution < 1.29 is 9.84 Å². The third-order valence-electron chi connectivity index (χ3n) is 5.12. The second-order valence-corrected chi connectivity index (χ2v) is 6.94. The Morgan fingerprint density at radius 3 is 2.85 bits per heavy atom. The molecule has 4 rings (SSSR count). The summed E-state index contributed by atoms with van der Waals surface area (Å²) in [4.78, 5) is 2.40. The Labute approximate surface area is 158 Å². The van der Waals surface area contributed by atoms with Crippen LogP contribution in [-0.2, 0) is 26.7 Å². The lowest BCUT2D eigenvalue weighted by Gasteiger charge is -2.20. The van der Waals surface area contributed by atoms with E-state index in [0.717, 1.165) is 49.7 Å². The number of aliphatic hydroxyl groups excluding tert-OH is 1. The van der Waals surface area contributed by atoms with Crippen LogP contribution in [0.4, 0.5) is 0 Å². The Morgan fingerprint density at radius 2 is 2.07 bits per heavy atom. The summed E-state index contributed by atoms with van der Waals surface area (Å²) in [6.45, 7) is 3.48. The number of para-hydroxylation sites is 1. The molecule has 7 nitrogen and oxygen atoms in total. The molecule has 0 fully saturated rings. The summed E-state index contributed by atoms with van der Waals surface area (Å²) in [7, 11) is 3.54. The minimum Gasteiger partial charge on any atom is -0.496 e. The molecular weight excluding hydrogens is 342 g/mol. The molecule has 0 saturated heterocycles. The van der Waals surface area contributed by atoms with Crippen molar-refractivity contribution in [1.29, 1.82) is 0 Å². The number of methoxy groups -OCH3 is 1. The zero-order valence-corrected chi connectivity index (χ0v) is 15.7. The van der Waals surface area contributed by atoms with Gasteiger partial charge in [0.25, 0.3) is 0 Å². The van der Waals surface area contributed by atoms with Crippen LogP contribution in [0.25, 0.3) is 0 Å². The Kier molecular flexibility index (Phi) is 4.96. The minimum atomic E-state index is -0.764. The van der Waals surface area contributed by atoms with Crippen molar-refractivity contribution in [3.8, 4) is 5.75 Å². The number of nitrogens with zero attached hydrogens (tertiary/aromatic N) is 5. The fourth-order valence-electron chi connectivity index (χ4n) is 3.70. The van der Waals surface area contributed by atoms with Crippen LogP contribution in [0.5, 0.6) is 5.75 Å². The SMILES string of the molecule is COc1ccccc1CN1CCCn2nc([C@H](O)c3ccnn3C)cc2C1. The molecule has 0 unspecified atom stereocenters. The van der Waals surface area contributed by atoms with Gasteiger partial charge in [0.05, 0.1) is 24.2 Å². The van der Waals surface area contributed by atoms with Crippen LogP contribution in [0.3, 0.4) is 0 Å². The molecule has 27 heavy (non-hydrogen) atoms. The van der Waals surface area contributed by atoms with E-state index < -0.39 is 6.10 Å². The van der Waals surface area contributed by atoms with E-state index in [4.69, 9.17) is 4.74 Å². The highest BCUT2D eigenvalue weighted by molar-refractivity contribution is 5.33. The predicted molar refractivity (Wildman–Crippen MR) is 101 cm³/mol. The zero-order chi connectivity index (χ0) is 18.8. The number of hydrogen-bond acceptors (Lipinski definition) is 5. The maximum Gasteiger partial charge on any atom is 0.139 e. The van der Waals surface area contributed by atoms with Crippen molar-refractivity contribution in [2.75, 3.05) is 13.7 Å². The molecule has 142 valence electrons. The highest BCUT2D eigenvalue weighted by atomic mass is 16.5. The molecule has 1 aliphatic heterocycles. The van der Waals surface area contributed by atoms with Crippen molar-refractivity contribution >= 4 is 0 Å². The number of rotatable bonds is 5. The first-order valence-corrected chi connectivity index (χ1v) is 9.22. The summed E-state index contributed by atoms with van der Waals surface area (Å²) in [6.07, 6.45) is 1.94. The number of ether oxygens (including phenoxy) is 1. The first kappa shape index (κ1) is 17.8. The van der Waals surface area contributed by atoms with Crippen molar-refractivity contribution in [3.63, 3.8) is 0 Å². The number of fused-ring (bicyclic) bond motifs is 1. The average molecular weight is 367 g/mol. The lowest BCUT2D eigenvalue weighted by molar-refractivity contribution is 0.203. The summed E-state index contributed by atoms with van der Waals surface area (Å²) in [5.41, 5.74) is 3.73. The van der Waals surface area contributed by atoms with E-state index in [1.54, 1.807) is 18.0 Å². The maximum atomic E-state index is 10.7. The molecule has 1 aromatic carbocycles. The topological polar surface area (TPSA) is 68.3 Å². The van der Waals surface area contributed by atoms with Gasteiger partial charge >= 0.3 is 0 Å². The highest BCUT2D eigenvalue weighted by Crippen LogP contribution is 2.25. The molecule has 1 atom stereocenters. The van der Waals surface area contributed by atoms with Gasteiger partial charge in [-0.2, -0.15) is 10.2 Å².